The lowest BCUT2D eigenvalue weighted by Crippen LogP contribution is -1.83. The van der Waals surface area contributed by atoms with E-state index in [2.05, 4.69) is 43.7 Å². The van der Waals surface area contributed by atoms with Crippen molar-refractivity contribution in [1.82, 2.24) is 0 Å². The Morgan fingerprint density at radius 1 is 1.31 bits per heavy atom. The summed E-state index contributed by atoms with van der Waals surface area (Å²) in [5, 5.41) is 0. The summed E-state index contributed by atoms with van der Waals surface area (Å²) in [5.74, 6) is 5.46. The summed E-state index contributed by atoms with van der Waals surface area (Å²) in [6, 6.07) is 2.73. The minimum Gasteiger partial charge on any atom is -0.207 e. The minimum atomic E-state index is -0.310. The fourth-order valence-electron chi connectivity index (χ4n) is 0.783. The van der Waals surface area contributed by atoms with Gasteiger partial charge in [-0.15, -0.1) is 11.6 Å². The van der Waals surface area contributed by atoms with Crippen LogP contribution in [0.4, 0.5) is 4.39 Å². The first-order chi connectivity index (χ1) is 6.15. The molecule has 0 bridgehead atoms. The van der Waals surface area contributed by atoms with Crippen molar-refractivity contribution in [3.63, 3.8) is 0 Å². The van der Waals surface area contributed by atoms with Gasteiger partial charge in [0, 0.05) is 8.95 Å². The van der Waals surface area contributed by atoms with Gasteiger partial charge in [0.1, 0.15) is 5.82 Å². The smallest absolute Gasteiger partial charge is 0.125 e. The maximum atomic E-state index is 12.8. The van der Waals surface area contributed by atoms with E-state index >= 15 is 0 Å². The van der Waals surface area contributed by atoms with Crippen molar-refractivity contribution in [2.24, 2.45) is 0 Å². The number of alkyl halides is 1. The van der Waals surface area contributed by atoms with E-state index in [4.69, 9.17) is 11.6 Å². The van der Waals surface area contributed by atoms with E-state index in [1.54, 1.807) is 0 Å². The molecule has 0 aliphatic rings. The van der Waals surface area contributed by atoms with Crippen LogP contribution in [0.15, 0.2) is 21.1 Å². The summed E-state index contributed by atoms with van der Waals surface area (Å²) in [6.07, 6.45) is 0. The Kier molecular flexibility index (Phi) is 4.24. The molecule has 0 nitrogen and oxygen atoms in total. The summed E-state index contributed by atoms with van der Waals surface area (Å²) in [7, 11) is 0. The van der Waals surface area contributed by atoms with Gasteiger partial charge in [0.05, 0.1) is 11.4 Å². The summed E-state index contributed by atoms with van der Waals surface area (Å²) in [6.45, 7) is 0. The van der Waals surface area contributed by atoms with Crippen LogP contribution in [0.2, 0.25) is 0 Å². The van der Waals surface area contributed by atoms with Crippen LogP contribution in [0.25, 0.3) is 0 Å². The summed E-state index contributed by atoms with van der Waals surface area (Å²) in [4.78, 5) is 0. The molecule has 0 atom stereocenters. The van der Waals surface area contributed by atoms with Gasteiger partial charge in [-0.05, 0) is 44.0 Å². The molecule has 0 heterocycles. The predicted octanol–water partition coefficient (Wildman–Crippen LogP) is 3.94. The topological polar surface area (TPSA) is 0 Å². The molecule has 0 saturated heterocycles. The Bertz CT molecular complexity index is 356. The standard InChI is InChI=1S/C9H4Br2ClF/c10-8-4-6(13)5-9(11)7(8)2-1-3-12/h4-5H,3H2. The maximum absolute atomic E-state index is 12.8. The summed E-state index contributed by atoms with van der Waals surface area (Å²) < 4.78 is 14.0. The van der Waals surface area contributed by atoms with Gasteiger partial charge in [-0.3, -0.25) is 0 Å². The molecular formula is C9H4Br2ClF. The highest BCUT2D eigenvalue weighted by Crippen LogP contribution is 2.25. The van der Waals surface area contributed by atoms with Crippen molar-refractivity contribution in [2.45, 2.75) is 0 Å². The van der Waals surface area contributed by atoms with E-state index in [-0.39, 0.29) is 11.7 Å². The minimum absolute atomic E-state index is 0.260. The molecule has 1 aromatic carbocycles. The molecule has 0 amide bonds. The van der Waals surface area contributed by atoms with Crippen molar-refractivity contribution in [3.05, 3.63) is 32.5 Å². The Morgan fingerprint density at radius 2 is 1.85 bits per heavy atom. The van der Waals surface area contributed by atoms with E-state index < -0.39 is 0 Å². The van der Waals surface area contributed by atoms with Crippen LogP contribution in [0.3, 0.4) is 0 Å². The van der Waals surface area contributed by atoms with Gasteiger partial charge < -0.3 is 0 Å². The molecule has 4 heteroatoms. The van der Waals surface area contributed by atoms with Crippen LogP contribution >= 0.6 is 43.5 Å². The Morgan fingerprint density at radius 3 is 2.31 bits per heavy atom. The van der Waals surface area contributed by atoms with E-state index in [0.29, 0.717) is 14.5 Å². The SMILES string of the molecule is Fc1cc(Br)c(C#CCCl)c(Br)c1. The van der Waals surface area contributed by atoms with E-state index in [1.807, 2.05) is 0 Å². The second-order valence-corrected chi connectivity index (χ2v) is 4.16. The molecule has 1 aromatic rings. The zero-order chi connectivity index (χ0) is 9.84. The number of halogens is 4. The fourth-order valence-corrected chi connectivity index (χ4v) is 2.18. The molecule has 0 radical (unpaired) electrons. The number of hydrogen-bond donors (Lipinski definition) is 0. The average molecular weight is 326 g/mol. The molecule has 0 aliphatic heterocycles. The Hall–Kier alpha value is -0.0400. The normalized spacial score (nSPS) is 9.23. The first kappa shape index (κ1) is 11.0. The number of benzene rings is 1. The molecule has 68 valence electrons. The van der Waals surface area contributed by atoms with Crippen LogP contribution in [-0.4, -0.2) is 5.88 Å². The largest absolute Gasteiger partial charge is 0.207 e. The van der Waals surface area contributed by atoms with Crippen molar-refractivity contribution >= 4 is 43.5 Å². The zero-order valence-electron chi connectivity index (χ0n) is 6.37. The molecular weight excluding hydrogens is 322 g/mol. The van der Waals surface area contributed by atoms with Crippen LogP contribution in [0, 0.1) is 17.7 Å². The molecule has 13 heavy (non-hydrogen) atoms. The van der Waals surface area contributed by atoms with Crippen molar-refractivity contribution < 1.29 is 4.39 Å². The lowest BCUT2D eigenvalue weighted by Gasteiger charge is -1.99. The highest BCUT2D eigenvalue weighted by molar-refractivity contribution is 9.11. The fraction of sp³-hybridized carbons (Fsp3) is 0.111. The van der Waals surface area contributed by atoms with Crippen molar-refractivity contribution in [1.29, 1.82) is 0 Å². The quantitative estimate of drug-likeness (QED) is 0.500. The van der Waals surface area contributed by atoms with Crippen LogP contribution in [-0.2, 0) is 0 Å². The number of rotatable bonds is 0. The summed E-state index contributed by atoms with van der Waals surface area (Å²) in [5.41, 5.74) is 0.710. The molecule has 0 unspecified atom stereocenters. The molecule has 1 rings (SSSR count). The first-order valence-electron chi connectivity index (χ1n) is 3.34. The molecule has 0 aromatic heterocycles. The highest BCUT2D eigenvalue weighted by atomic mass is 79.9. The van der Waals surface area contributed by atoms with Gasteiger partial charge in [0.25, 0.3) is 0 Å². The first-order valence-corrected chi connectivity index (χ1v) is 5.46. The third-order valence-corrected chi connectivity index (χ3v) is 2.67. The van der Waals surface area contributed by atoms with Gasteiger partial charge in [0.15, 0.2) is 0 Å². The molecule has 0 fully saturated rings. The number of hydrogen-bond acceptors (Lipinski definition) is 0. The monoisotopic (exact) mass is 324 g/mol. The zero-order valence-corrected chi connectivity index (χ0v) is 10.3. The van der Waals surface area contributed by atoms with Gasteiger partial charge in [-0.2, -0.15) is 0 Å². The van der Waals surface area contributed by atoms with Gasteiger partial charge >= 0.3 is 0 Å². The Labute approximate surface area is 97.7 Å². The molecule has 0 aliphatic carbocycles. The van der Waals surface area contributed by atoms with Gasteiger partial charge in [-0.1, -0.05) is 11.8 Å². The highest BCUT2D eigenvalue weighted by Gasteiger charge is 2.04. The van der Waals surface area contributed by atoms with Crippen molar-refractivity contribution in [2.75, 3.05) is 5.88 Å². The van der Waals surface area contributed by atoms with Crippen molar-refractivity contribution in [3.8, 4) is 11.8 Å². The van der Waals surface area contributed by atoms with E-state index in [0.717, 1.165) is 0 Å². The van der Waals surface area contributed by atoms with Gasteiger partial charge in [-0.25, -0.2) is 4.39 Å². The van der Waals surface area contributed by atoms with Crippen LogP contribution in [0.1, 0.15) is 5.56 Å². The lowest BCUT2D eigenvalue weighted by atomic mass is 10.2. The molecule has 0 spiro atoms. The Balaban J connectivity index is 3.21. The molecule has 0 N–H and O–H groups in total. The lowest BCUT2D eigenvalue weighted by molar-refractivity contribution is 0.626. The van der Waals surface area contributed by atoms with Crippen LogP contribution in [0.5, 0.6) is 0 Å². The maximum Gasteiger partial charge on any atom is 0.125 e. The average Bonchev–Trinajstić information content (AvgIpc) is 2.02. The molecule has 0 saturated carbocycles. The third kappa shape index (κ3) is 2.98. The second-order valence-electron chi connectivity index (χ2n) is 2.18. The van der Waals surface area contributed by atoms with Gasteiger partial charge in [0.2, 0.25) is 0 Å². The van der Waals surface area contributed by atoms with E-state index in [9.17, 15) is 4.39 Å². The summed E-state index contributed by atoms with van der Waals surface area (Å²) >= 11 is 11.8. The second kappa shape index (κ2) is 4.99. The predicted molar refractivity (Wildman–Crippen MR) is 59.4 cm³/mol. The van der Waals surface area contributed by atoms with E-state index in [1.165, 1.54) is 12.1 Å². The third-order valence-electron chi connectivity index (χ3n) is 1.29. The van der Waals surface area contributed by atoms with Crippen LogP contribution < -0.4 is 0 Å².